The SMILES string of the molecule is CCC(C(=O)Nc1ccc(C)c(S(=O)(=O)N(C)C)c1)c1ccccc1. The highest BCUT2D eigenvalue weighted by Crippen LogP contribution is 2.25. The molecule has 5 nitrogen and oxygen atoms in total. The van der Waals surface area contributed by atoms with Crippen molar-refractivity contribution in [3.05, 3.63) is 59.7 Å². The summed E-state index contributed by atoms with van der Waals surface area (Å²) in [6, 6.07) is 14.5. The van der Waals surface area contributed by atoms with E-state index in [0.717, 1.165) is 5.56 Å². The summed E-state index contributed by atoms with van der Waals surface area (Å²) < 4.78 is 26.0. The van der Waals surface area contributed by atoms with E-state index in [2.05, 4.69) is 5.32 Å². The second kappa shape index (κ2) is 7.80. The number of nitrogens with zero attached hydrogens (tertiary/aromatic N) is 1. The van der Waals surface area contributed by atoms with E-state index in [9.17, 15) is 13.2 Å². The number of sulfonamides is 1. The summed E-state index contributed by atoms with van der Waals surface area (Å²) in [5, 5.41) is 2.85. The van der Waals surface area contributed by atoms with Gasteiger partial charge in [-0.3, -0.25) is 4.79 Å². The molecule has 0 aliphatic heterocycles. The first-order valence-corrected chi connectivity index (χ1v) is 9.60. The van der Waals surface area contributed by atoms with E-state index in [0.29, 0.717) is 17.7 Å². The average molecular weight is 360 g/mol. The third-order valence-corrected chi connectivity index (χ3v) is 6.10. The molecule has 0 saturated carbocycles. The maximum atomic E-state index is 12.7. The Morgan fingerprint density at radius 2 is 1.76 bits per heavy atom. The molecule has 0 aromatic heterocycles. The van der Waals surface area contributed by atoms with Gasteiger partial charge in [-0.2, -0.15) is 0 Å². The molecule has 0 radical (unpaired) electrons. The summed E-state index contributed by atoms with van der Waals surface area (Å²) in [6.45, 7) is 3.69. The average Bonchev–Trinajstić information content (AvgIpc) is 2.58. The zero-order valence-corrected chi connectivity index (χ0v) is 15.8. The van der Waals surface area contributed by atoms with Gasteiger partial charge in [0.2, 0.25) is 15.9 Å². The number of nitrogens with one attached hydrogen (secondary N) is 1. The van der Waals surface area contributed by atoms with E-state index in [1.165, 1.54) is 24.5 Å². The minimum atomic E-state index is -3.56. The second-order valence-electron chi connectivity index (χ2n) is 6.13. The molecule has 0 fully saturated rings. The Kier molecular flexibility index (Phi) is 5.98. The molecule has 1 unspecified atom stereocenters. The Hall–Kier alpha value is -2.18. The molecule has 2 aromatic carbocycles. The normalized spacial score (nSPS) is 12.8. The molecule has 2 rings (SSSR count). The molecule has 25 heavy (non-hydrogen) atoms. The molecule has 134 valence electrons. The van der Waals surface area contributed by atoms with Crippen molar-refractivity contribution in [1.82, 2.24) is 4.31 Å². The van der Waals surface area contributed by atoms with Crippen LogP contribution in [0.15, 0.2) is 53.4 Å². The van der Waals surface area contributed by atoms with Crippen LogP contribution in [0, 0.1) is 6.92 Å². The molecule has 0 aliphatic rings. The fourth-order valence-electron chi connectivity index (χ4n) is 2.64. The molecular formula is C19H24N2O3S. The molecule has 6 heteroatoms. The van der Waals surface area contributed by atoms with Gasteiger partial charge in [0.25, 0.3) is 0 Å². The van der Waals surface area contributed by atoms with Crippen molar-refractivity contribution in [3.8, 4) is 0 Å². The van der Waals surface area contributed by atoms with Gasteiger partial charge in [-0.15, -0.1) is 0 Å². The Morgan fingerprint density at radius 1 is 1.12 bits per heavy atom. The van der Waals surface area contributed by atoms with Crippen LogP contribution in [0.25, 0.3) is 0 Å². The number of hydrogen-bond acceptors (Lipinski definition) is 3. The zero-order valence-electron chi connectivity index (χ0n) is 15.0. The fraction of sp³-hybridized carbons (Fsp3) is 0.316. The summed E-state index contributed by atoms with van der Waals surface area (Å²) in [4.78, 5) is 12.9. The molecule has 0 spiro atoms. The van der Waals surface area contributed by atoms with Crippen molar-refractivity contribution < 1.29 is 13.2 Å². The first-order chi connectivity index (χ1) is 11.8. The van der Waals surface area contributed by atoms with Crippen LogP contribution in [-0.4, -0.2) is 32.7 Å². The third kappa shape index (κ3) is 4.27. The van der Waals surface area contributed by atoms with E-state index in [-0.39, 0.29) is 16.7 Å². The van der Waals surface area contributed by atoms with Crippen LogP contribution in [0.5, 0.6) is 0 Å². The summed E-state index contributed by atoms with van der Waals surface area (Å²) in [5.74, 6) is -0.429. The molecule has 0 heterocycles. The summed E-state index contributed by atoms with van der Waals surface area (Å²) in [6.07, 6.45) is 0.657. The quantitative estimate of drug-likeness (QED) is 0.859. The monoisotopic (exact) mass is 360 g/mol. The molecule has 2 aromatic rings. The molecule has 0 bridgehead atoms. The van der Waals surface area contributed by atoms with Crippen molar-refractivity contribution in [2.24, 2.45) is 0 Å². The summed E-state index contributed by atoms with van der Waals surface area (Å²) in [5.41, 5.74) is 2.06. The topological polar surface area (TPSA) is 66.5 Å². The van der Waals surface area contributed by atoms with Crippen LogP contribution >= 0.6 is 0 Å². The largest absolute Gasteiger partial charge is 0.326 e. The Balaban J connectivity index is 2.30. The highest BCUT2D eigenvalue weighted by atomic mass is 32.2. The van der Waals surface area contributed by atoms with Crippen LogP contribution in [0.3, 0.4) is 0 Å². The number of anilines is 1. The number of carbonyl (C=O) groups is 1. The summed E-state index contributed by atoms with van der Waals surface area (Å²) >= 11 is 0. The van der Waals surface area contributed by atoms with Gasteiger partial charge in [0.05, 0.1) is 10.8 Å². The van der Waals surface area contributed by atoms with E-state index in [1.807, 2.05) is 37.3 Å². The molecule has 1 N–H and O–H groups in total. The standard InChI is InChI=1S/C19H24N2O3S/c1-5-17(15-9-7-6-8-10-15)19(22)20-16-12-11-14(2)18(13-16)25(23,24)21(3)4/h6-13,17H,5H2,1-4H3,(H,20,22). The van der Waals surface area contributed by atoms with E-state index in [1.54, 1.807) is 19.1 Å². The molecule has 1 amide bonds. The minimum absolute atomic E-state index is 0.147. The van der Waals surface area contributed by atoms with Gasteiger partial charge in [0, 0.05) is 19.8 Å². The molecule has 0 saturated heterocycles. The van der Waals surface area contributed by atoms with Gasteiger partial charge in [0.1, 0.15) is 0 Å². The lowest BCUT2D eigenvalue weighted by Gasteiger charge is -2.18. The number of aryl methyl sites for hydroxylation is 1. The number of carbonyl (C=O) groups excluding carboxylic acids is 1. The van der Waals surface area contributed by atoms with E-state index < -0.39 is 10.0 Å². The van der Waals surface area contributed by atoms with Gasteiger partial charge in [-0.1, -0.05) is 43.3 Å². The van der Waals surface area contributed by atoms with Crippen LogP contribution in [0.1, 0.15) is 30.4 Å². The fourth-order valence-corrected chi connectivity index (χ4v) is 3.78. The lowest BCUT2D eigenvalue weighted by atomic mass is 9.95. The number of rotatable bonds is 6. The minimum Gasteiger partial charge on any atom is -0.326 e. The lowest BCUT2D eigenvalue weighted by Crippen LogP contribution is -2.24. The smallest absolute Gasteiger partial charge is 0.242 e. The molecule has 1 atom stereocenters. The van der Waals surface area contributed by atoms with E-state index in [4.69, 9.17) is 0 Å². The highest BCUT2D eigenvalue weighted by molar-refractivity contribution is 7.89. The van der Waals surface area contributed by atoms with Gasteiger partial charge < -0.3 is 5.32 Å². The summed E-state index contributed by atoms with van der Waals surface area (Å²) in [7, 11) is -0.585. The van der Waals surface area contributed by atoms with Crippen LogP contribution in [-0.2, 0) is 14.8 Å². The Morgan fingerprint density at radius 3 is 2.32 bits per heavy atom. The number of benzene rings is 2. The van der Waals surface area contributed by atoms with Gasteiger partial charge in [-0.05, 0) is 36.6 Å². The third-order valence-electron chi connectivity index (χ3n) is 4.14. The molecular weight excluding hydrogens is 336 g/mol. The Bertz CT molecular complexity index is 846. The van der Waals surface area contributed by atoms with Crippen molar-refractivity contribution in [1.29, 1.82) is 0 Å². The predicted octanol–water partition coefficient (Wildman–Crippen LogP) is 3.38. The Labute approximate surface area is 149 Å². The maximum Gasteiger partial charge on any atom is 0.242 e. The molecule has 0 aliphatic carbocycles. The number of hydrogen-bond donors (Lipinski definition) is 1. The van der Waals surface area contributed by atoms with Crippen LogP contribution in [0.4, 0.5) is 5.69 Å². The van der Waals surface area contributed by atoms with Crippen molar-refractivity contribution in [2.45, 2.75) is 31.1 Å². The number of amides is 1. The van der Waals surface area contributed by atoms with Gasteiger partial charge in [-0.25, -0.2) is 12.7 Å². The first kappa shape index (κ1) is 19.1. The predicted molar refractivity (Wildman–Crippen MR) is 100 cm³/mol. The first-order valence-electron chi connectivity index (χ1n) is 8.16. The van der Waals surface area contributed by atoms with Gasteiger partial charge >= 0.3 is 0 Å². The zero-order chi connectivity index (χ0) is 18.6. The van der Waals surface area contributed by atoms with Crippen LogP contribution < -0.4 is 5.32 Å². The van der Waals surface area contributed by atoms with Crippen LogP contribution in [0.2, 0.25) is 0 Å². The highest BCUT2D eigenvalue weighted by Gasteiger charge is 2.22. The van der Waals surface area contributed by atoms with Crippen molar-refractivity contribution in [3.63, 3.8) is 0 Å². The van der Waals surface area contributed by atoms with Gasteiger partial charge in [0.15, 0.2) is 0 Å². The second-order valence-corrected chi connectivity index (χ2v) is 8.25. The van der Waals surface area contributed by atoms with E-state index >= 15 is 0 Å². The maximum absolute atomic E-state index is 12.7. The van der Waals surface area contributed by atoms with Crippen molar-refractivity contribution >= 4 is 21.6 Å². The van der Waals surface area contributed by atoms with Crippen molar-refractivity contribution in [2.75, 3.05) is 19.4 Å². The lowest BCUT2D eigenvalue weighted by molar-refractivity contribution is -0.117.